The predicted octanol–water partition coefficient (Wildman–Crippen LogP) is 2.62. The van der Waals surface area contributed by atoms with Crippen LogP contribution < -0.4 is 0 Å². The number of carboxylic acid groups (broad SMARTS) is 3. The van der Waals surface area contributed by atoms with Crippen LogP contribution in [0.5, 0.6) is 0 Å². The summed E-state index contributed by atoms with van der Waals surface area (Å²) in [6.07, 6.45) is -1.72. The van der Waals surface area contributed by atoms with E-state index in [0.29, 0.717) is 0 Å². The molecule has 1 unspecified atom stereocenters. The van der Waals surface area contributed by atoms with Crippen LogP contribution in [0, 0.1) is 0 Å². The van der Waals surface area contributed by atoms with Gasteiger partial charge in [-0.2, -0.15) is 10.2 Å². The monoisotopic (exact) mass is 344 g/mol. The first kappa shape index (κ1) is 17.8. The van der Waals surface area contributed by atoms with E-state index in [2.05, 4.69) is 10.2 Å². The second-order valence-corrected chi connectivity index (χ2v) is 4.91. The smallest absolute Gasteiger partial charge is 0.337 e. The fourth-order valence-electron chi connectivity index (χ4n) is 1.93. The molecule has 0 aromatic heterocycles. The van der Waals surface area contributed by atoms with Gasteiger partial charge in [0.1, 0.15) is 0 Å². The molecule has 2 rings (SSSR count). The number of azo groups is 1. The van der Waals surface area contributed by atoms with Crippen LogP contribution in [0.15, 0.2) is 52.7 Å². The van der Waals surface area contributed by atoms with E-state index >= 15 is 0 Å². The van der Waals surface area contributed by atoms with Crippen molar-refractivity contribution in [2.75, 3.05) is 0 Å². The van der Waals surface area contributed by atoms with E-state index in [1.165, 1.54) is 24.3 Å². The van der Waals surface area contributed by atoms with Gasteiger partial charge in [-0.15, -0.1) is 0 Å². The first-order valence-corrected chi connectivity index (χ1v) is 6.82. The minimum Gasteiger partial charge on any atom is -0.479 e. The molecule has 4 N–H and O–H groups in total. The van der Waals surface area contributed by atoms with Gasteiger partial charge in [0.15, 0.2) is 6.10 Å². The summed E-state index contributed by atoms with van der Waals surface area (Å²) in [6.45, 7) is 0. The summed E-state index contributed by atoms with van der Waals surface area (Å²) < 4.78 is 0. The van der Waals surface area contributed by atoms with E-state index in [1.54, 1.807) is 0 Å². The maximum absolute atomic E-state index is 11.0. The van der Waals surface area contributed by atoms with Crippen LogP contribution in [0.1, 0.15) is 32.4 Å². The first-order valence-electron chi connectivity index (χ1n) is 6.82. The summed E-state index contributed by atoms with van der Waals surface area (Å²) in [5.41, 5.74) is -0.223. The van der Waals surface area contributed by atoms with Gasteiger partial charge in [-0.25, -0.2) is 14.4 Å². The van der Waals surface area contributed by atoms with Gasteiger partial charge in [0.05, 0.1) is 22.5 Å². The summed E-state index contributed by atoms with van der Waals surface area (Å²) in [4.78, 5) is 32.9. The molecule has 1 atom stereocenters. The quantitative estimate of drug-likeness (QED) is 0.586. The Balaban J connectivity index is 2.36. The third-order valence-corrected chi connectivity index (χ3v) is 3.11. The van der Waals surface area contributed by atoms with Gasteiger partial charge in [0, 0.05) is 0 Å². The number of hydrogen-bond donors (Lipinski definition) is 4. The molecule has 9 heteroatoms. The Kier molecular flexibility index (Phi) is 5.20. The summed E-state index contributed by atoms with van der Waals surface area (Å²) in [5, 5.41) is 43.9. The van der Waals surface area contributed by atoms with Crippen LogP contribution in [-0.2, 0) is 4.79 Å². The van der Waals surface area contributed by atoms with Crippen molar-refractivity contribution in [3.63, 3.8) is 0 Å². The zero-order valence-electron chi connectivity index (χ0n) is 12.5. The number of aliphatic hydroxyl groups excluding tert-OH is 1. The van der Waals surface area contributed by atoms with Crippen LogP contribution in [0.3, 0.4) is 0 Å². The van der Waals surface area contributed by atoms with Crippen molar-refractivity contribution in [2.45, 2.75) is 6.10 Å². The fraction of sp³-hybridized carbons (Fsp3) is 0.0625. The number of aliphatic carboxylic acids is 1. The molecule has 0 saturated carbocycles. The van der Waals surface area contributed by atoms with Gasteiger partial charge < -0.3 is 20.4 Å². The van der Waals surface area contributed by atoms with Crippen molar-refractivity contribution in [3.05, 3.63) is 59.2 Å². The second kappa shape index (κ2) is 7.32. The Morgan fingerprint density at radius 2 is 1.36 bits per heavy atom. The lowest BCUT2D eigenvalue weighted by Crippen LogP contribution is -2.09. The molecule has 0 radical (unpaired) electrons. The zero-order chi connectivity index (χ0) is 18.6. The third kappa shape index (κ3) is 4.45. The third-order valence-electron chi connectivity index (χ3n) is 3.11. The molecular weight excluding hydrogens is 332 g/mol. The van der Waals surface area contributed by atoms with Gasteiger partial charge in [-0.1, -0.05) is 12.1 Å². The maximum Gasteiger partial charge on any atom is 0.337 e. The highest BCUT2D eigenvalue weighted by atomic mass is 16.4. The molecule has 9 nitrogen and oxygen atoms in total. The predicted molar refractivity (Wildman–Crippen MR) is 83.6 cm³/mol. The van der Waals surface area contributed by atoms with E-state index in [4.69, 9.17) is 15.3 Å². The van der Waals surface area contributed by atoms with Gasteiger partial charge in [-0.05, 0) is 35.9 Å². The largest absolute Gasteiger partial charge is 0.479 e. The molecule has 0 aliphatic rings. The van der Waals surface area contributed by atoms with Crippen LogP contribution in [-0.4, -0.2) is 38.3 Å². The molecule has 0 saturated heterocycles. The van der Waals surface area contributed by atoms with Gasteiger partial charge in [-0.3, -0.25) is 0 Å². The molecular formula is C16H12N2O7. The molecule has 0 aliphatic carbocycles. The number of hydrogen-bond acceptors (Lipinski definition) is 6. The Morgan fingerprint density at radius 1 is 0.800 bits per heavy atom. The van der Waals surface area contributed by atoms with Crippen molar-refractivity contribution >= 4 is 29.3 Å². The highest BCUT2D eigenvalue weighted by molar-refractivity contribution is 5.95. The minimum absolute atomic E-state index is 0.00138. The number of carbonyl (C=O) groups is 3. The number of rotatable bonds is 6. The second-order valence-electron chi connectivity index (χ2n) is 4.91. The molecule has 25 heavy (non-hydrogen) atoms. The molecule has 0 spiro atoms. The number of aromatic carboxylic acids is 2. The molecule has 0 amide bonds. The lowest BCUT2D eigenvalue weighted by molar-refractivity contribution is -0.146. The summed E-state index contributed by atoms with van der Waals surface area (Å²) in [6, 6.07) is 8.93. The normalized spacial score (nSPS) is 12.0. The van der Waals surface area contributed by atoms with E-state index < -0.39 is 24.0 Å². The van der Waals surface area contributed by atoms with E-state index in [1.807, 2.05) is 0 Å². The van der Waals surface area contributed by atoms with Crippen molar-refractivity contribution in [3.8, 4) is 0 Å². The maximum atomic E-state index is 11.0. The SMILES string of the molecule is O=C(O)c1cc(N=Nc2cccc(C(O)C(=O)O)c2)cc(C(=O)O)c1. The van der Waals surface area contributed by atoms with Crippen LogP contribution in [0.4, 0.5) is 11.4 Å². The number of nitrogens with zero attached hydrogens (tertiary/aromatic N) is 2. The standard InChI is InChI=1S/C16H12N2O7/c19-13(16(24)25)8-2-1-3-11(5-8)17-18-12-6-9(14(20)21)4-10(7-12)15(22)23/h1-7,13,19H,(H,20,21)(H,22,23)(H,24,25). The number of aliphatic hydroxyl groups is 1. The van der Waals surface area contributed by atoms with Gasteiger partial charge in [0.25, 0.3) is 0 Å². The highest BCUT2D eigenvalue weighted by Crippen LogP contribution is 2.24. The van der Waals surface area contributed by atoms with E-state index in [-0.39, 0.29) is 28.1 Å². The first-order chi connectivity index (χ1) is 11.8. The lowest BCUT2D eigenvalue weighted by atomic mass is 10.1. The van der Waals surface area contributed by atoms with Crippen molar-refractivity contribution in [1.82, 2.24) is 0 Å². The molecule has 0 bridgehead atoms. The van der Waals surface area contributed by atoms with Gasteiger partial charge >= 0.3 is 17.9 Å². The topological polar surface area (TPSA) is 157 Å². The fourth-order valence-corrected chi connectivity index (χ4v) is 1.93. The average Bonchev–Trinajstić information content (AvgIpc) is 2.59. The molecule has 128 valence electrons. The zero-order valence-corrected chi connectivity index (χ0v) is 12.5. The molecule has 0 heterocycles. The highest BCUT2D eigenvalue weighted by Gasteiger charge is 2.16. The Hall–Kier alpha value is -3.59. The van der Waals surface area contributed by atoms with Crippen LogP contribution >= 0.6 is 0 Å². The van der Waals surface area contributed by atoms with Crippen molar-refractivity contribution in [1.29, 1.82) is 0 Å². The Morgan fingerprint density at radius 3 is 1.88 bits per heavy atom. The molecule has 0 aliphatic heterocycles. The van der Waals surface area contributed by atoms with E-state index in [0.717, 1.165) is 18.2 Å². The molecule has 2 aromatic carbocycles. The van der Waals surface area contributed by atoms with E-state index in [9.17, 15) is 19.5 Å². The van der Waals surface area contributed by atoms with Crippen molar-refractivity contribution in [2.24, 2.45) is 10.2 Å². The summed E-state index contributed by atoms with van der Waals surface area (Å²) >= 11 is 0. The summed E-state index contributed by atoms with van der Waals surface area (Å²) in [5.74, 6) is -4.05. The minimum atomic E-state index is -1.72. The molecule has 0 fully saturated rings. The average molecular weight is 344 g/mol. The number of carboxylic acids is 3. The van der Waals surface area contributed by atoms with Crippen LogP contribution in [0.2, 0.25) is 0 Å². The van der Waals surface area contributed by atoms with Crippen molar-refractivity contribution < 1.29 is 34.8 Å². The number of benzene rings is 2. The lowest BCUT2D eigenvalue weighted by Gasteiger charge is -2.05. The Bertz CT molecular complexity index is 844. The Labute approximate surface area is 140 Å². The van der Waals surface area contributed by atoms with Gasteiger partial charge in [0.2, 0.25) is 0 Å². The van der Waals surface area contributed by atoms with Crippen LogP contribution in [0.25, 0.3) is 0 Å². The molecule has 2 aromatic rings. The summed E-state index contributed by atoms with van der Waals surface area (Å²) in [7, 11) is 0.